The number of ketones is 1. The fourth-order valence-electron chi connectivity index (χ4n) is 2.71. The lowest BCUT2D eigenvalue weighted by molar-refractivity contribution is 0.0525. The van der Waals surface area contributed by atoms with Gasteiger partial charge in [0, 0.05) is 17.1 Å². The Kier molecular flexibility index (Phi) is 6.23. The SMILES string of the molecule is CCOC(=O)c1c(C)[nH]c(C(=O)[C@@H](C)Sc2nc(C)c(C)c(C)n2)c1C. The topological polar surface area (TPSA) is 84.9 Å². The van der Waals surface area contributed by atoms with E-state index < -0.39 is 5.97 Å². The van der Waals surface area contributed by atoms with Gasteiger partial charge >= 0.3 is 5.97 Å². The van der Waals surface area contributed by atoms with Crippen molar-refractivity contribution < 1.29 is 14.3 Å². The number of aryl methyl sites for hydroxylation is 3. The molecular weight excluding hydrogens is 350 g/mol. The van der Waals surface area contributed by atoms with Crippen molar-refractivity contribution in [2.75, 3.05) is 6.61 Å². The van der Waals surface area contributed by atoms with Crippen LogP contribution in [0.4, 0.5) is 0 Å². The highest BCUT2D eigenvalue weighted by Crippen LogP contribution is 2.27. The van der Waals surface area contributed by atoms with Crippen LogP contribution >= 0.6 is 11.8 Å². The largest absolute Gasteiger partial charge is 0.462 e. The molecule has 0 spiro atoms. The minimum Gasteiger partial charge on any atom is -0.462 e. The number of ether oxygens (including phenoxy) is 1. The van der Waals surface area contributed by atoms with Gasteiger partial charge in [0.2, 0.25) is 0 Å². The molecule has 0 bridgehead atoms. The third-order valence-corrected chi connectivity index (χ3v) is 5.39. The summed E-state index contributed by atoms with van der Waals surface area (Å²) in [5.74, 6) is -0.503. The third kappa shape index (κ3) is 3.98. The van der Waals surface area contributed by atoms with Crippen molar-refractivity contribution >= 4 is 23.5 Å². The van der Waals surface area contributed by atoms with Crippen LogP contribution in [0.3, 0.4) is 0 Å². The van der Waals surface area contributed by atoms with E-state index in [-0.39, 0.29) is 11.0 Å². The number of rotatable bonds is 6. The number of Topliss-reactive ketones (excluding diaryl/α,β-unsaturated/α-hetero) is 1. The Bertz CT molecular complexity index is 835. The first-order valence-electron chi connectivity index (χ1n) is 8.56. The number of thioether (sulfide) groups is 1. The molecule has 0 aromatic carbocycles. The highest BCUT2D eigenvalue weighted by Gasteiger charge is 2.26. The van der Waals surface area contributed by atoms with Gasteiger partial charge in [-0.1, -0.05) is 11.8 Å². The number of nitrogens with zero attached hydrogens (tertiary/aromatic N) is 2. The molecule has 26 heavy (non-hydrogen) atoms. The van der Waals surface area contributed by atoms with E-state index in [1.54, 1.807) is 20.8 Å². The zero-order valence-corrected chi connectivity index (χ0v) is 17.1. The maximum atomic E-state index is 12.9. The number of H-pyrrole nitrogens is 1. The monoisotopic (exact) mass is 375 g/mol. The standard InChI is InChI=1S/C19H25N3O3S/c1-8-25-18(24)15-10(3)16(20-13(15)6)17(23)14(7)26-19-21-11(4)9(2)12(5)22-19/h14,20H,8H2,1-7H3/t14-/m1/s1. The Morgan fingerprint density at radius 2 is 1.65 bits per heavy atom. The van der Waals surface area contributed by atoms with E-state index in [9.17, 15) is 9.59 Å². The van der Waals surface area contributed by atoms with Gasteiger partial charge < -0.3 is 9.72 Å². The van der Waals surface area contributed by atoms with Crippen LogP contribution in [0.1, 0.15) is 62.9 Å². The molecular formula is C19H25N3O3S. The summed E-state index contributed by atoms with van der Waals surface area (Å²) in [5, 5.41) is 0.196. The molecule has 0 unspecified atom stereocenters. The van der Waals surface area contributed by atoms with E-state index in [4.69, 9.17) is 4.74 Å². The first-order valence-corrected chi connectivity index (χ1v) is 9.44. The molecule has 0 aliphatic carbocycles. The molecule has 1 N–H and O–H groups in total. The number of aromatic amines is 1. The van der Waals surface area contributed by atoms with Gasteiger partial charge in [-0.05, 0) is 59.6 Å². The van der Waals surface area contributed by atoms with E-state index in [1.807, 2.05) is 27.7 Å². The minimum absolute atomic E-state index is 0.0920. The minimum atomic E-state index is -0.411. The number of nitrogens with one attached hydrogen (secondary N) is 1. The summed E-state index contributed by atoms with van der Waals surface area (Å²) < 4.78 is 5.08. The van der Waals surface area contributed by atoms with Crippen LogP contribution in [0.2, 0.25) is 0 Å². The normalized spacial score (nSPS) is 12.1. The molecule has 1 atom stereocenters. The van der Waals surface area contributed by atoms with Crippen LogP contribution < -0.4 is 0 Å². The number of hydrogen-bond acceptors (Lipinski definition) is 6. The predicted molar refractivity (Wildman–Crippen MR) is 102 cm³/mol. The van der Waals surface area contributed by atoms with Crippen molar-refractivity contribution in [1.82, 2.24) is 15.0 Å². The first-order chi connectivity index (χ1) is 12.2. The van der Waals surface area contributed by atoms with Crippen molar-refractivity contribution in [3.05, 3.63) is 39.5 Å². The summed E-state index contributed by atoms with van der Waals surface area (Å²) in [6.07, 6.45) is 0. The molecule has 0 saturated carbocycles. The molecule has 0 radical (unpaired) electrons. The van der Waals surface area contributed by atoms with Crippen LogP contribution in [0.25, 0.3) is 0 Å². The van der Waals surface area contributed by atoms with Crippen molar-refractivity contribution in [2.45, 2.75) is 58.9 Å². The van der Waals surface area contributed by atoms with E-state index >= 15 is 0 Å². The zero-order valence-electron chi connectivity index (χ0n) is 16.3. The highest BCUT2D eigenvalue weighted by molar-refractivity contribution is 8.00. The molecule has 2 aromatic rings. The van der Waals surface area contributed by atoms with Crippen molar-refractivity contribution in [3.63, 3.8) is 0 Å². The van der Waals surface area contributed by atoms with Crippen LogP contribution in [-0.2, 0) is 4.74 Å². The highest BCUT2D eigenvalue weighted by atomic mass is 32.2. The molecule has 0 saturated heterocycles. The number of aromatic nitrogens is 3. The lowest BCUT2D eigenvalue weighted by Gasteiger charge is -2.11. The van der Waals surface area contributed by atoms with Gasteiger partial charge in [0.15, 0.2) is 10.9 Å². The summed E-state index contributed by atoms with van der Waals surface area (Å²) in [6.45, 7) is 13.2. The van der Waals surface area contributed by atoms with E-state index in [2.05, 4.69) is 15.0 Å². The predicted octanol–water partition coefficient (Wildman–Crippen LogP) is 3.89. The molecule has 0 aliphatic rings. The van der Waals surface area contributed by atoms with Gasteiger partial charge in [-0.15, -0.1) is 0 Å². The average Bonchev–Trinajstić information content (AvgIpc) is 2.86. The number of carbonyl (C=O) groups excluding carboxylic acids is 2. The number of esters is 1. The van der Waals surface area contributed by atoms with E-state index in [0.29, 0.717) is 34.3 Å². The molecule has 140 valence electrons. The van der Waals surface area contributed by atoms with Gasteiger partial charge in [-0.2, -0.15) is 0 Å². The molecule has 2 rings (SSSR count). The molecule has 0 fully saturated rings. The number of hydrogen-bond donors (Lipinski definition) is 1. The first kappa shape index (κ1) is 20.2. The lowest BCUT2D eigenvalue weighted by Crippen LogP contribution is -2.16. The lowest BCUT2D eigenvalue weighted by atomic mass is 10.1. The summed E-state index contributed by atoms with van der Waals surface area (Å²) in [5.41, 5.74) is 5.02. The number of carbonyl (C=O) groups is 2. The van der Waals surface area contributed by atoms with Gasteiger partial charge in [-0.3, -0.25) is 4.79 Å². The second-order valence-corrected chi connectivity index (χ2v) is 7.58. The van der Waals surface area contributed by atoms with Gasteiger partial charge in [0.1, 0.15) is 0 Å². The van der Waals surface area contributed by atoms with Gasteiger partial charge in [-0.25, -0.2) is 14.8 Å². The Morgan fingerprint density at radius 1 is 1.08 bits per heavy atom. The van der Waals surface area contributed by atoms with Crippen LogP contribution in [0.5, 0.6) is 0 Å². The van der Waals surface area contributed by atoms with Crippen molar-refractivity contribution in [1.29, 1.82) is 0 Å². The maximum Gasteiger partial charge on any atom is 0.340 e. The van der Waals surface area contributed by atoms with Crippen molar-refractivity contribution in [3.8, 4) is 0 Å². The molecule has 0 amide bonds. The Labute approximate surface area is 158 Å². The quantitative estimate of drug-likeness (QED) is 0.357. The van der Waals surface area contributed by atoms with Crippen LogP contribution in [-0.4, -0.2) is 38.6 Å². The van der Waals surface area contributed by atoms with Crippen LogP contribution in [0.15, 0.2) is 5.16 Å². The molecule has 2 heterocycles. The van der Waals surface area contributed by atoms with E-state index in [1.165, 1.54) is 11.8 Å². The summed E-state index contributed by atoms with van der Waals surface area (Å²) in [6, 6.07) is 0. The fraction of sp³-hybridized carbons (Fsp3) is 0.474. The summed E-state index contributed by atoms with van der Waals surface area (Å²) in [4.78, 5) is 37.0. The van der Waals surface area contributed by atoms with E-state index in [0.717, 1.165) is 17.0 Å². The fourth-order valence-corrected chi connectivity index (χ4v) is 3.64. The maximum absolute atomic E-state index is 12.9. The summed E-state index contributed by atoms with van der Waals surface area (Å²) >= 11 is 1.32. The second kappa shape index (κ2) is 8.03. The third-order valence-electron chi connectivity index (χ3n) is 4.43. The Morgan fingerprint density at radius 3 is 2.19 bits per heavy atom. The van der Waals surface area contributed by atoms with Gasteiger partial charge in [0.05, 0.1) is 23.1 Å². The molecule has 2 aromatic heterocycles. The molecule has 6 nitrogen and oxygen atoms in total. The molecule has 0 aliphatic heterocycles. The Hall–Kier alpha value is -2.15. The van der Waals surface area contributed by atoms with Crippen molar-refractivity contribution in [2.24, 2.45) is 0 Å². The average molecular weight is 375 g/mol. The zero-order chi connectivity index (χ0) is 19.6. The van der Waals surface area contributed by atoms with Crippen LogP contribution in [0, 0.1) is 34.6 Å². The Balaban J connectivity index is 2.26. The molecule has 7 heteroatoms. The second-order valence-electron chi connectivity index (χ2n) is 6.27. The smallest absolute Gasteiger partial charge is 0.340 e. The summed E-state index contributed by atoms with van der Waals surface area (Å²) in [7, 11) is 0. The van der Waals surface area contributed by atoms with Gasteiger partial charge in [0.25, 0.3) is 0 Å².